The first-order chi connectivity index (χ1) is 21.7. The summed E-state index contributed by atoms with van der Waals surface area (Å²) in [6.45, 7) is 2.51. The van der Waals surface area contributed by atoms with Crippen molar-refractivity contribution in [2.45, 2.75) is 50.4 Å². The highest BCUT2D eigenvalue weighted by molar-refractivity contribution is 5.96. The average Bonchev–Trinajstić information content (AvgIpc) is 3.78. The van der Waals surface area contributed by atoms with Gasteiger partial charge >= 0.3 is 6.18 Å². The molecule has 9 nitrogen and oxygen atoms in total. The van der Waals surface area contributed by atoms with E-state index in [1.807, 2.05) is 42.5 Å². The molecule has 3 aliphatic heterocycles. The number of amides is 1. The summed E-state index contributed by atoms with van der Waals surface area (Å²) in [4.78, 5) is 31.4. The van der Waals surface area contributed by atoms with E-state index in [9.17, 15) is 18.0 Å². The van der Waals surface area contributed by atoms with Crippen LogP contribution >= 0.6 is 0 Å². The molecule has 2 bridgehead atoms. The maximum absolute atomic E-state index is 13.4. The number of anilines is 3. The van der Waals surface area contributed by atoms with Gasteiger partial charge in [0.05, 0.1) is 23.2 Å². The quantitative estimate of drug-likeness (QED) is 0.227. The van der Waals surface area contributed by atoms with E-state index in [1.54, 1.807) is 11.1 Å². The summed E-state index contributed by atoms with van der Waals surface area (Å²) in [6.07, 6.45) is 0.420. The number of hydrogen-bond donors (Lipinski definition) is 2. The number of H-pyrrole nitrogens is 1. The van der Waals surface area contributed by atoms with E-state index < -0.39 is 11.7 Å². The Morgan fingerprint density at radius 1 is 1.00 bits per heavy atom. The van der Waals surface area contributed by atoms with Crippen LogP contribution in [0.3, 0.4) is 0 Å². The summed E-state index contributed by atoms with van der Waals surface area (Å²) in [5, 5.41) is 11.8. The molecular weight excluding hydrogens is 581 g/mol. The molecule has 0 spiro atoms. The van der Waals surface area contributed by atoms with Gasteiger partial charge in [0.2, 0.25) is 0 Å². The number of aromatic nitrogens is 5. The summed E-state index contributed by atoms with van der Waals surface area (Å²) in [5.74, 6) is 2.86. The number of pyridine rings is 1. The van der Waals surface area contributed by atoms with Crippen molar-refractivity contribution in [3.63, 3.8) is 0 Å². The van der Waals surface area contributed by atoms with Crippen LogP contribution < -0.4 is 10.2 Å². The Balaban J connectivity index is 0.992. The lowest BCUT2D eigenvalue weighted by Gasteiger charge is -2.56. The van der Waals surface area contributed by atoms with Crippen LogP contribution in [0.4, 0.5) is 30.6 Å². The molecule has 4 fully saturated rings. The summed E-state index contributed by atoms with van der Waals surface area (Å²) in [7, 11) is 0. The predicted molar refractivity (Wildman–Crippen MR) is 163 cm³/mol. The molecule has 2 aromatic carbocycles. The molecule has 0 radical (unpaired) electrons. The molecule has 45 heavy (non-hydrogen) atoms. The van der Waals surface area contributed by atoms with Gasteiger partial charge in [-0.05, 0) is 68.1 Å². The predicted octanol–water partition coefficient (Wildman–Crippen LogP) is 6.47. The largest absolute Gasteiger partial charge is 0.416 e. The van der Waals surface area contributed by atoms with E-state index in [0.717, 1.165) is 40.5 Å². The van der Waals surface area contributed by atoms with Gasteiger partial charge in [-0.25, -0.2) is 15.0 Å². The maximum atomic E-state index is 13.4. The highest BCUT2D eigenvalue weighted by atomic mass is 19.4. The van der Waals surface area contributed by atoms with Gasteiger partial charge in [0.25, 0.3) is 5.91 Å². The first-order valence-corrected chi connectivity index (χ1v) is 15.0. The van der Waals surface area contributed by atoms with E-state index in [2.05, 4.69) is 20.4 Å². The van der Waals surface area contributed by atoms with Crippen molar-refractivity contribution in [2.75, 3.05) is 23.3 Å². The monoisotopic (exact) mass is 610 g/mol. The minimum Gasteiger partial charge on any atom is -0.352 e. The van der Waals surface area contributed by atoms with Crippen molar-refractivity contribution in [1.29, 1.82) is 0 Å². The van der Waals surface area contributed by atoms with Gasteiger partial charge in [-0.2, -0.15) is 18.3 Å². The van der Waals surface area contributed by atoms with Crippen LogP contribution in [-0.2, 0) is 6.18 Å². The van der Waals surface area contributed by atoms with E-state index >= 15 is 0 Å². The normalized spacial score (nSPS) is 19.5. The Morgan fingerprint density at radius 2 is 1.80 bits per heavy atom. The molecule has 12 heteroatoms. The number of halogens is 3. The van der Waals surface area contributed by atoms with Gasteiger partial charge in [-0.15, -0.1) is 0 Å². The van der Waals surface area contributed by atoms with Gasteiger partial charge in [-0.1, -0.05) is 18.2 Å². The zero-order valence-electron chi connectivity index (χ0n) is 24.3. The number of piperidine rings is 1. The molecular formula is C33H29F3N8O. The van der Waals surface area contributed by atoms with Gasteiger partial charge in [0, 0.05) is 53.5 Å². The lowest BCUT2D eigenvalue weighted by atomic mass is 9.86. The van der Waals surface area contributed by atoms with Crippen LogP contribution in [-0.4, -0.2) is 61.1 Å². The fourth-order valence-electron chi connectivity index (χ4n) is 6.47. The van der Waals surface area contributed by atoms with Crippen LogP contribution in [0.25, 0.3) is 22.3 Å². The Morgan fingerprint density at radius 3 is 2.53 bits per heavy atom. The number of nitrogens with one attached hydrogen (secondary N) is 2. The van der Waals surface area contributed by atoms with E-state index in [4.69, 9.17) is 15.0 Å². The first-order valence-electron chi connectivity index (χ1n) is 15.0. The van der Waals surface area contributed by atoms with Crippen LogP contribution in [0.15, 0.2) is 66.9 Å². The van der Waals surface area contributed by atoms with Crippen molar-refractivity contribution in [3.8, 4) is 11.4 Å². The molecule has 2 N–H and O–H groups in total. The number of carbonyl (C=O) groups excluding carboxylic acids is 1. The number of rotatable bonds is 6. The highest BCUT2D eigenvalue weighted by Crippen LogP contribution is 2.40. The van der Waals surface area contributed by atoms with E-state index in [1.165, 1.54) is 31.9 Å². The number of para-hydroxylation sites is 1. The van der Waals surface area contributed by atoms with Crippen molar-refractivity contribution >= 4 is 34.3 Å². The molecule has 6 heterocycles. The molecule has 4 aliphatic rings. The number of aryl methyl sites for hydroxylation is 1. The molecule has 2 atom stereocenters. The second kappa shape index (κ2) is 10.3. The lowest BCUT2D eigenvalue weighted by Crippen LogP contribution is -2.70. The molecule has 3 aromatic heterocycles. The fraction of sp³-hybridized carbons (Fsp3) is 0.303. The summed E-state index contributed by atoms with van der Waals surface area (Å²) < 4.78 is 40.3. The van der Waals surface area contributed by atoms with Gasteiger partial charge in [0.15, 0.2) is 11.6 Å². The van der Waals surface area contributed by atoms with Crippen LogP contribution in [0, 0.1) is 6.92 Å². The number of fused-ring (bicyclic) bond motifs is 3. The van der Waals surface area contributed by atoms with Gasteiger partial charge in [0.1, 0.15) is 11.6 Å². The molecule has 1 amide bonds. The maximum Gasteiger partial charge on any atom is 0.416 e. The Bertz CT molecular complexity index is 1920. The average molecular weight is 611 g/mol. The zero-order valence-corrected chi connectivity index (χ0v) is 24.3. The minimum absolute atomic E-state index is 0.0680. The standard InChI is InChI=1S/C33H29F3N8O/c1-18-6-7-20(12-25(18)33(34,35)36)32(45)44-22-13-23(44)17-43(16-22)29-11-10-21(15-37-29)30-38-26-5-3-2-4-24(26)31(40-30)39-28-14-27(41-42-28)19-8-9-19/h2-7,10-12,14-15,19,22-23H,8-9,13,16-17H2,1H3,(H2,38,39,40,41,42). The molecule has 228 valence electrons. The van der Waals surface area contributed by atoms with Gasteiger partial charge < -0.3 is 15.1 Å². The third-order valence-corrected chi connectivity index (χ3v) is 9.01. The highest BCUT2D eigenvalue weighted by Gasteiger charge is 2.48. The fourth-order valence-corrected chi connectivity index (χ4v) is 6.47. The number of piperazine rings is 1. The number of nitrogens with zero attached hydrogens (tertiary/aromatic N) is 6. The molecule has 1 saturated carbocycles. The van der Waals surface area contributed by atoms with Crippen molar-refractivity contribution in [2.24, 2.45) is 0 Å². The molecule has 1 aliphatic carbocycles. The SMILES string of the molecule is Cc1ccc(C(=O)N2C3CC2CN(c2ccc(-c4nc(Nc5cc(C6CC6)[nH]n5)c5ccccc5n4)cn2)C3)cc1C(F)(F)F. The number of alkyl halides is 3. The number of carbonyl (C=O) groups is 1. The van der Waals surface area contributed by atoms with Crippen molar-refractivity contribution in [3.05, 3.63) is 89.2 Å². The van der Waals surface area contributed by atoms with Gasteiger partial charge in [-0.3, -0.25) is 9.89 Å². The lowest BCUT2D eigenvalue weighted by molar-refractivity contribution is -0.138. The Labute approximate surface area is 256 Å². The number of aromatic amines is 1. The van der Waals surface area contributed by atoms with E-state index in [0.29, 0.717) is 36.5 Å². The second-order valence-electron chi connectivity index (χ2n) is 12.1. The zero-order chi connectivity index (χ0) is 30.9. The first kappa shape index (κ1) is 27.5. The van der Waals surface area contributed by atoms with Crippen LogP contribution in [0.5, 0.6) is 0 Å². The molecule has 9 rings (SSSR count). The number of benzene rings is 2. The summed E-state index contributed by atoms with van der Waals surface area (Å²) in [6, 6.07) is 17.3. The Kier molecular flexibility index (Phi) is 6.29. The number of hydrogen-bond acceptors (Lipinski definition) is 7. The van der Waals surface area contributed by atoms with Crippen LogP contribution in [0.2, 0.25) is 0 Å². The molecule has 2 unspecified atom stereocenters. The van der Waals surface area contributed by atoms with Crippen LogP contribution in [0.1, 0.15) is 52.4 Å². The molecule has 5 aromatic rings. The topological polar surface area (TPSA) is 103 Å². The van der Waals surface area contributed by atoms with Crippen molar-refractivity contribution < 1.29 is 18.0 Å². The minimum atomic E-state index is -4.51. The summed E-state index contributed by atoms with van der Waals surface area (Å²) >= 11 is 0. The third-order valence-electron chi connectivity index (χ3n) is 9.01. The van der Waals surface area contributed by atoms with Crippen molar-refractivity contribution in [1.82, 2.24) is 30.0 Å². The second-order valence-corrected chi connectivity index (χ2v) is 12.1. The Hall–Kier alpha value is -5.00. The van der Waals surface area contributed by atoms with E-state index in [-0.39, 0.29) is 29.1 Å². The third kappa shape index (κ3) is 5.03. The molecule has 3 saturated heterocycles. The smallest absolute Gasteiger partial charge is 0.352 e. The summed E-state index contributed by atoms with van der Waals surface area (Å²) in [5.41, 5.74) is 2.08.